The van der Waals surface area contributed by atoms with Crippen LogP contribution in [0.3, 0.4) is 0 Å². The molecular formula is C11H12BrN3O4. The average Bonchev–Trinajstić information content (AvgIpc) is 2.68. The molecule has 102 valence electrons. The molecule has 2 heterocycles. The van der Waals surface area contributed by atoms with E-state index in [1.165, 1.54) is 10.6 Å². The normalized spacial score (nSPS) is 11.8. The van der Waals surface area contributed by atoms with Crippen LogP contribution in [-0.2, 0) is 0 Å². The van der Waals surface area contributed by atoms with Crippen LogP contribution in [0.2, 0.25) is 0 Å². The van der Waals surface area contributed by atoms with Gasteiger partial charge < -0.3 is 14.9 Å². The maximum atomic E-state index is 10.9. The molecule has 2 aromatic heterocycles. The lowest BCUT2D eigenvalue weighted by atomic mass is 10.2. The summed E-state index contributed by atoms with van der Waals surface area (Å²) in [4.78, 5) is 18.9. The molecule has 8 heteroatoms. The topological polar surface area (TPSA) is 97.0 Å². The third-order valence-electron chi connectivity index (χ3n) is 2.16. The molecule has 0 spiro atoms. The minimum absolute atomic E-state index is 0.0153. The van der Waals surface area contributed by atoms with Gasteiger partial charge in [-0.1, -0.05) is 0 Å². The number of rotatable bonds is 4. The Morgan fingerprint density at radius 3 is 2.74 bits per heavy atom. The zero-order chi connectivity index (χ0) is 14.2. The number of halogens is 1. The highest BCUT2D eigenvalue weighted by Gasteiger charge is 2.18. The summed E-state index contributed by atoms with van der Waals surface area (Å²) in [6, 6.07) is 0. The van der Waals surface area contributed by atoms with Gasteiger partial charge in [0.25, 0.3) is 5.88 Å². The summed E-state index contributed by atoms with van der Waals surface area (Å²) >= 11 is 3.20. The number of hydrogen-bond donors (Lipinski definition) is 2. The summed E-state index contributed by atoms with van der Waals surface area (Å²) in [7, 11) is 0. The van der Waals surface area contributed by atoms with Crippen LogP contribution in [0.15, 0.2) is 17.0 Å². The van der Waals surface area contributed by atoms with Crippen LogP contribution in [0.1, 0.15) is 24.3 Å². The molecule has 0 saturated carbocycles. The average molecular weight is 330 g/mol. The van der Waals surface area contributed by atoms with Crippen LogP contribution < -0.4 is 4.74 Å². The standard InChI is InChI=1S/C11H12BrN3O4/c1-11(2,18)5-19-9-8-13-6(10(16)17)3-15(8)4-7(12)14-9/h3-4,18H,5H2,1-2H3,(H,16,17). The van der Waals surface area contributed by atoms with Gasteiger partial charge in [-0.25, -0.2) is 14.8 Å². The fraction of sp³-hybridized carbons (Fsp3) is 0.364. The third kappa shape index (κ3) is 3.21. The number of ether oxygens (including phenoxy) is 1. The summed E-state index contributed by atoms with van der Waals surface area (Å²) in [6.07, 6.45) is 2.94. The summed E-state index contributed by atoms with van der Waals surface area (Å²) in [5.74, 6) is -0.975. The summed E-state index contributed by atoms with van der Waals surface area (Å²) in [5, 5.41) is 18.5. The first-order valence-electron chi connectivity index (χ1n) is 5.40. The van der Waals surface area contributed by atoms with E-state index in [-0.39, 0.29) is 23.8 Å². The summed E-state index contributed by atoms with van der Waals surface area (Å²) in [5.41, 5.74) is -0.846. The minimum atomic E-state index is -1.13. The van der Waals surface area contributed by atoms with Gasteiger partial charge in [0, 0.05) is 12.4 Å². The van der Waals surface area contributed by atoms with Crippen molar-refractivity contribution < 1.29 is 19.7 Å². The van der Waals surface area contributed by atoms with Crippen molar-refractivity contribution in [3.63, 3.8) is 0 Å². The van der Waals surface area contributed by atoms with Gasteiger partial charge in [-0.15, -0.1) is 0 Å². The lowest BCUT2D eigenvalue weighted by Crippen LogP contribution is -2.28. The van der Waals surface area contributed by atoms with Gasteiger partial charge in [0.15, 0.2) is 5.69 Å². The van der Waals surface area contributed by atoms with Crippen molar-refractivity contribution in [2.75, 3.05) is 6.61 Å². The van der Waals surface area contributed by atoms with Crippen LogP contribution in [0.25, 0.3) is 5.65 Å². The van der Waals surface area contributed by atoms with E-state index in [0.717, 1.165) is 0 Å². The second kappa shape index (κ2) is 4.78. The van der Waals surface area contributed by atoms with Crippen LogP contribution >= 0.6 is 15.9 Å². The van der Waals surface area contributed by atoms with Gasteiger partial charge >= 0.3 is 5.97 Å². The largest absolute Gasteiger partial charge is 0.476 e. The van der Waals surface area contributed by atoms with Crippen molar-refractivity contribution in [1.29, 1.82) is 0 Å². The summed E-state index contributed by atoms with van der Waals surface area (Å²) < 4.78 is 7.36. The highest BCUT2D eigenvalue weighted by Crippen LogP contribution is 2.21. The lowest BCUT2D eigenvalue weighted by Gasteiger charge is -2.17. The zero-order valence-electron chi connectivity index (χ0n) is 10.3. The van der Waals surface area contributed by atoms with E-state index >= 15 is 0 Å². The molecule has 0 unspecified atom stereocenters. The van der Waals surface area contributed by atoms with Gasteiger partial charge in [-0.3, -0.25) is 4.40 Å². The smallest absolute Gasteiger partial charge is 0.356 e. The van der Waals surface area contributed by atoms with Gasteiger partial charge in [0.2, 0.25) is 5.65 Å². The molecule has 0 aliphatic carbocycles. The molecule has 0 aliphatic heterocycles. The van der Waals surface area contributed by atoms with Gasteiger partial charge in [0.1, 0.15) is 11.2 Å². The van der Waals surface area contributed by atoms with Crippen molar-refractivity contribution in [2.24, 2.45) is 0 Å². The highest BCUT2D eigenvalue weighted by molar-refractivity contribution is 9.10. The predicted octanol–water partition coefficient (Wildman–Crippen LogP) is 1.34. The number of nitrogens with zero attached hydrogens (tertiary/aromatic N) is 3. The lowest BCUT2D eigenvalue weighted by molar-refractivity contribution is 0.0271. The van der Waals surface area contributed by atoms with Crippen molar-refractivity contribution in [2.45, 2.75) is 19.4 Å². The molecule has 0 aliphatic rings. The SMILES string of the molecule is CC(C)(O)COc1nc(Br)cn2cc(C(=O)O)nc12. The van der Waals surface area contributed by atoms with Gasteiger partial charge in [-0.2, -0.15) is 0 Å². The van der Waals surface area contributed by atoms with E-state index in [2.05, 4.69) is 25.9 Å². The van der Waals surface area contributed by atoms with E-state index in [4.69, 9.17) is 9.84 Å². The fourth-order valence-electron chi connectivity index (χ4n) is 1.39. The first-order chi connectivity index (χ1) is 8.76. The predicted molar refractivity (Wildman–Crippen MR) is 69.4 cm³/mol. The molecule has 0 bridgehead atoms. The molecular weight excluding hydrogens is 318 g/mol. The second-order valence-electron chi connectivity index (χ2n) is 4.63. The molecule has 2 N–H and O–H groups in total. The minimum Gasteiger partial charge on any atom is -0.476 e. The summed E-state index contributed by atoms with van der Waals surface area (Å²) in [6.45, 7) is 3.20. The third-order valence-corrected chi connectivity index (χ3v) is 2.54. The Kier molecular flexibility index (Phi) is 3.46. The van der Waals surface area contributed by atoms with E-state index < -0.39 is 11.6 Å². The number of imidazole rings is 1. The van der Waals surface area contributed by atoms with Crippen molar-refractivity contribution in [1.82, 2.24) is 14.4 Å². The Labute approximate surface area is 117 Å². The van der Waals surface area contributed by atoms with Gasteiger partial charge in [-0.05, 0) is 29.8 Å². The Morgan fingerprint density at radius 2 is 2.16 bits per heavy atom. The number of aromatic carboxylic acids is 1. The molecule has 0 radical (unpaired) electrons. The van der Waals surface area contributed by atoms with Crippen LogP contribution in [0.5, 0.6) is 5.88 Å². The van der Waals surface area contributed by atoms with Crippen molar-refractivity contribution in [3.05, 3.63) is 22.7 Å². The fourth-order valence-corrected chi connectivity index (χ4v) is 1.77. The monoisotopic (exact) mass is 329 g/mol. The Morgan fingerprint density at radius 1 is 1.47 bits per heavy atom. The van der Waals surface area contributed by atoms with Crippen molar-refractivity contribution >= 4 is 27.5 Å². The Balaban J connectivity index is 2.44. The van der Waals surface area contributed by atoms with Crippen molar-refractivity contribution in [3.8, 4) is 5.88 Å². The van der Waals surface area contributed by atoms with Crippen LogP contribution in [0, 0.1) is 0 Å². The van der Waals surface area contributed by atoms with Crippen LogP contribution in [0.4, 0.5) is 0 Å². The van der Waals surface area contributed by atoms with E-state index in [0.29, 0.717) is 4.60 Å². The first kappa shape index (κ1) is 13.8. The van der Waals surface area contributed by atoms with E-state index in [9.17, 15) is 9.90 Å². The molecule has 19 heavy (non-hydrogen) atoms. The first-order valence-corrected chi connectivity index (χ1v) is 6.19. The molecule has 0 atom stereocenters. The number of carbonyl (C=O) groups is 1. The number of hydrogen-bond acceptors (Lipinski definition) is 5. The molecule has 0 amide bonds. The number of carboxylic acids is 1. The number of aliphatic hydroxyl groups is 1. The molecule has 0 saturated heterocycles. The highest BCUT2D eigenvalue weighted by atomic mass is 79.9. The Hall–Kier alpha value is -1.67. The van der Waals surface area contributed by atoms with Crippen LogP contribution in [-0.4, -0.2) is 42.8 Å². The molecule has 2 aromatic rings. The maximum absolute atomic E-state index is 10.9. The molecule has 0 fully saturated rings. The quantitative estimate of drug-likeness (QED) is 0.878. The number of fused-ring (bicyclic) bond motifs is 1. The van der Waals surface area contributed by atoms with E-state index in [1.807, 2.05) is 0 Å². The maximum Gasteiger partial charge on any atom is 0.356 e. The Bertz CT molecular complexity index is 633. The second-order valence-corrected chi connectivity index (χ2v) is 5.44. The molecule has 2 rings (SSSR count). The zero-order valence-corrected chi connectivity index (χ0v) is 11.9. The number of aromatic nitrogens is 3. The van der Waals surface area contributed by atoms with E-state index in [1.54, 1.807) is 20.0 Å². The molecule has 0 aromatic carbocycles. The molecule has 7 nitrogen and oxygen atoms in total. The van der Waals surface area contributed by atoms with Gasteiger partial charge in [0.05, 0.1) is 5.60 Å². The number of carboxylic acid groups (broad SMARTS) is 1.